The van der Waals surface area contributed by atoms with Crippen molar-refractivity contribution in [1.29, 1.82) is 0 Å². The Morgan fingerprint density at radius 2 is 2.03 bits per heavy atom. The van der Waals surface area contributed by atoms with Crippen molar-refractivity contribution in [3.05, 3.63) is 63.1 Å². The van der Waals surface area contributed by atoms with E-state index >= 15 is 0 Å². The predicted molar refractivity (Wildman–Crippen MR) is 144 cm³/mol. The summed E-state index contributed by atoms with van der Waals surface area (Å²) in [7, 11) is 0. The predicted octanol–water partition coefficient (Wildman–Crippen LogP) is 3.20. The summed E-state index contributed by atoms with van der Waals surface area (Å²) >= 11 is 7.82. The molecule has 2 aromatic heterocycles. The maximum Gasteiger partial charge on any atom is 0.255 e. The van der Waals surface area contributed by atoms with E-state index < -0.39 is 12.1 Å². The molecular weight excluding hydrogens is 514 g/mol. The van der Waals surface area contributed by atoms with Gasteiger partial charge in [-0.25, -0.2) is 9.97 Å². The first-order valence-electron chi connectivity index (χ1n) is 12.0. The number of carbonyl (C=O) groups excluding carboxylic acids is 2. The molecule has 196 valence electrons. The highest BCUT2D eigenvalue weighted by molar-refractivity contribution is 7.16. The molecule has 1 aliphatic heterocycles. The third-order valence-corrected chi connectivity index (χ3v) is 7.78. The molecule has 0 aliphatic carbocycles. The number of aryl methyl sites for hydroxylation is 1. The van der Waals surface area contributed by atoms with Gasteiger partial charge in [0.25, 0.3) is 5.91 Å². The first-order chi connectivity index (χ1) is 17.7. The summed E-state index contributed by atoms with van der Waals surface area (Å²) in [5, 5.41) is 25.4. The molecule has 9 nitrogen and oxygen atoms in total. The highest BCUT2D eigenvalue weighted by Crippen LogP contribution is 2.37. The molecule has 0 saturated heterocycles. The Kier molecular flexibility index (Phi) is 8.43. The third-order valence-electron chi connectivity index (χ3n) is 6.30. The van der Waals surface area contributed by atoms with Gasteiger partial charge >= 0.3 is 0 Å². The molecule has 3 heterocycles. The van der Waals surface area contributed by atoms with E-state index in [2.05, 4.69) is 20.6 Å². The minimum Gasteiger partial charge on any atom is -0.394 e. The van der Waals surface area contributed by atoms with Crippen LogP contribution in [0, 0.1) is 6.92 Å². The van der Waals surface area contributed by atoms with Crippen LogP contribution in [0.15, 0.2) is 36.5 Å². The second-order valence-corrected chi connectivity index (χ2v) is 10.7. The number of amides is 2. The van der Waals surface area contributed by atoms with E-state index in [9.17, 15) is 19.8 Å². The molecular formula is C26H30ClN5O4S. The number of carbonyl (C=O) groups is 2. The van der Waals surface area contributed by atoms with Crippen LogP contribution in [0.3, 0.4) is 0 Å². The van der Waals surface area contributed by atoms with E-state index in [0.29, 0.717) is 35.2 Å². The SMILES string of the molecule is Cc1cccc([C@@H](CO)NC(=O)[C@@H](C)N2CCc3sc(-c4nc(N[C@@H](C)CO)ncc4Cl)cc3C2=O)c1. The van der Waals surface area contributed by atoms with Crippen LogP contribution in [0.4, 0.5) is 5.95 Å². The number of halogens is 1. The number of thiophene rings is 1. The monoisotopic (exact) mass is 543 g/mol. The highest BCUT2D eigenvalue weighted by atomic mass is 35.5. The van der Waals surface area contributed by atoms with Crippen molar-refractivity contribution in [2.24, 2.45) is 0 Å². The van der Waals surface area contributed by atoms with Crippen LogP contribution in [0.2, 0.25) is 5.02 Å². The van der Waals surface area contributed by atoms with Gasteiger partial charge in [0.15, 0.2) is 0 Å². The fourth-order valence-corrected chi connectivity index (χ4v) is 5.58. The van der Waals surface area contributed by atoms with Crippen LogP contribution in [-0.2, 0) is 11.2 Å². The Hall–Kier alpha value is -3.05. The third kappa shape index (κ3) is 5.93. The Morgan fingerprint density at radius 3 is 2.73 bits per heavy atom. The molecule has 0 fully saturated rings. The zero-order valence-corrected chi connectivity index (χ0v) is 22.4. The van der Waals surface area contributed by atoms with Crippen molar-refractivity contribution in [2.45, 2.75) is 45.3 Å². The zero-order valence-electron chi connectivity index (χ0n) is 20.9. The Morgan fingerprint density at radius 1 is 1.24 bits per heavy atom. The molecule has 0 saturated carbocycles. The second-order valence-electron chi connectivity index (χ2n) is 9.15. The summed E-state index contributed by atoms with van der Waals surface area (Å²) in [6, 6.07) is 7.84. The molecule has 0 bridgehead atoms. The Bertz CT molecular complexity index is 1300. The summed E-state index contributed by atoms with van der Waals surface area (Å²) in [5.41, 5.74) is 2.86. The molecule has 11 heteroatoms. The topological polar surface area (TPSA) is 128 Å². The summed E-state index contributed by atoms with van der Waals surface area (Å²) < 4.78 is 0. The largest absolute Gasteiger partial charge is 0.394 e. The second kappa shape index (κ2) is 11.6. The molecule has 37 heavy (non-hydrogen) atoms. The normalized spacial score (nSPS) is 15.6. The average molecular weight is 544 g/mol. The minimum absolute atomic E-state index is 0.0746. The van der Waals surface area contributed by atoms with Gasteiger partial charge in [0.1, 0.15) is 11.7 Å². The number of hydrogen-bond acceptors (Lipinski definition) is 8. The van der Waals surface area contributed by atoms with E-state index in [4.69, 9.17) is 11.6 Å². The highest BCUT2D eigenvalue weighted by Gasteiger charge is 2.34. The van der Waals surface area contributed by atoms with Crippen LogP contribution in [0.1, 0.15) is 46.3 Å². The van der Waals surface area contributed by atoms with Crippen LogP contribution in [-0.4, -0.2) is 68.7 Å². The van der Waals surface area contributed by atoms with Gasteiger partial charge in [-0.05, 0) is 32.4 Å². The molecule has 3 aromatic rings. The molecule has 1 aromatic carbocycles. The zero-order chi connectivity index (χ0) is 26.7. The number of aliphatic hydroxyl groups excluding tert-OH is 2. The molecule has 3 atom stereocenters. The lowest BCUT2D eigenvalue weighted by atomic mass is 10.0. The van der Waals surface area contributed by atoms with E-state index in [-0.39, 0.29) is 31.1 Å². The molecule has 2 amide bonds. The van der Waals surface area contributed by atoms with Crippen molar-refractivity contribution in [1.82, 2.24) is 20.2 Å². The summed E-state index contributed by atoms with van der Waals surface area (Å²) in [6.45, 7) is 5.51. The lowest BCUT2D eigenvalue weighted by molar-refractivity contribution is -0.126. The van der Waals surface area contributed by atoms with Gasteiger partial charge in [-0.2, -0.15) is 0 Å². The maximum atomic E-state index is 13.4. The van der Waals surface area contributed by atoms with Gasteiger partial charge in [0.2, 0.25) is 11.9 Å². The summed E-state index contributed by atoms with van der Waals surface area (Å²) in [4.78, 5) is 38.3. The number of nitrogens with one attached hydrogen (secondary N) is 2. The molecule has 4 rings (SSSR count). The lowest BCUT2D eigenvalue weighted by Crippen LogP contribution is -2.51. The van der Waals surface area contributed by atoms with E-state index in [0.717, 1.165) is 20.9 Å². The van der Waals surface area contributed by atoms with E-state index in [1.54, 1.807) is 24.8 Å². The number of aromatic nitrogens is 2. The van der Waals surface area contributed by atoms with Gasteiger partial charge in [-0.3, -0.25) is 9.59 Å². The first-order valence-corrected chi connectivity index (χ1v) is 13.2. The standard InChI is InChI=1S/C26H30ClN5O4S/c1-14-5-4-6-17(9-14)20(13-34)30-24(35)16(3)32-8-7-21-18(25(32)36)10-22(37-21)23-19(27)11-28-26(31-23)29-15(2)12-33/h4-6,9-11,15-16,20,33-34H,7-8,12-13H2,1-3H3,(H,30,35)(H,28,29,31)/t15-,16+,20+/m0/s1. The van der Waals surface area contributed by atoms with Gasteiger partial charge in [-0.15, -0.1) is 11.3 Å². The number of rotatable bonds is 9. The van der Waals surface area contributed by atoms with Gasteiger partial charge in [-0.1, -0.05) is 41.4 Å². The number of nitrogens with zero attached hydrogens (tertiary/aromatic N) is 3. The summed E-state index contributed by atoms with van der Waals surface area (Å²) in [5.74, 6) is -0.238. The number of fused-ring (bicyclic) bond motifs is 1. The van der Waals surface area contributed by atoms with Crippen molar-refractivity contribution in [3.8, 4) is 10.6 Å². The van der Waals surface area contributed by atoms with Crippen molar-refractivity contribution >= 4 is 40.7 Å². The van der Waals surface area contributed by atoms with Crippen LogP contribution >= 0.6 is 22.9 Å². The van der Waals surface area contributed by atoms with Gasteiger partial charge < -0.3 is 25.7 Å². The summed E-state index contributed by atoms with van der Waals surface area (Å²) in [6.07, 6.45) is 2.08. The Labute approximate surface area is 224 Å². The number of hydrogen-bond donors (Lipinski definition) is 4. The molecule has 0 spiro atoms. The number of benzene rings is 1. The molecule has 1 aliphatic rings. The molecule has 4 N–H and O–H groups in total. The van der Waals surface area contributed by atoms with E-state index in [1.165, 1.54) is 17.5 Å². The van der Waals surface area contributed by atoms with E-state index in [1.807, 2.05) is 31.2 Å². The smallest absolute Gasteiger partial charge is 0.255 e. The van der Waals surface area contributed by atoms with Gasteiger partial charge in [0, 0.05) is 23.9 Å². The average Bonchev–Trinajstić information content (AvgIpc) is 3.33. The number of anilines is 1. The lowest BCUT2D eigenvalue weighted by Gasteiger charge is -2.32. The van der Waals surface area contributed by atoms with Crippen molar-refractivity contribution < 1.29 is 19.8 Å². The van der Waals surface area contributed by atoms with Crippen molar-refractivity contribution in [3.63, 3.8) is 0 Å². The quantitative estimate of drug-likeness (QED) is 0.326. The van der Waals surface area contributed by atoms with Crippen LogP contribution < -0.4 is 10.6 Å². The van der Waals surface area contributed by atoms with Gasteiger partial charge in [0.05, 0.1) is 40.9 Å². The first kappa shape index (κ1) is 27.0. The van der Waals surface area contributed by atoms with Crippen LogP contribution in [0.25, 0.3) is 10.6 Å². The van der Waals surface area contributed by atoms with Crippen LogP contribution in [0.5, 0.6) is 0 Å². The maximum absolute atomic E-state index is 13.4. The fourth-order valence-electron chi connectivity index (χ4n) is 4.19. The fraction of sp³-hybridized carbons (Fsp3) is 0.385. The number of aliphatic hydroxyl groups is 2. The minimum atomic E-state index is -0.721. The Balaban J connectivity index is 1.51. The van der Waals surface area contributed by atoms with Crippen molar-refractivity contribution in [2.75, 3.05) is 25.1 Å². The molecule has 0 radical (unpaired) electrons. The molecule has 0 unspecified atom stereocenters.